The fraction of sp³-hybridized carbons (Fsp3) is 0.0476. The third-order valence-corrected chi connectivity index (χ3v) is 4.24. The number of rotatable bonds is 4. The van der Waals surface area contributed by atoms with E-state index in [1.54, 1.807) is 18.3 Å². The van der Waals surface area contributed by atoms with E-state index in [9.17, 15) is 10.1 Å². The number of nitriles is 1. The van der Waals surface area contributed by atoms with E-state index in [1.807, 2.05) is 48.5 Å². The topological polar surface area (TPSA) is 83.6 Å². The van der Waals surface area contributed by atoms with Gasteiger partial charge in [-0.15, -0.1) is 0 Å². The number of amides is 1. The second kappa shape index (κ2) is 7.10. The van der Waals surface area contributed by atoms with Crippen LogP contribution in [0, 0.1) is 11.3 Å². The molecule has 130 valence electrons. The molecule has 1 N–H and O–H groups in total. The molecule has 6 heteroatoms. The van der Waals surface area contributed by atoms with Crippen molar-refractivity contribution in [2.45, 2.75) is 6.42 Å². The maximum Gasteiger partial charge on any atom is 0.230 e. The number of aromatic nitrogens is 3. The first-order valence-corrected chi connectivity index (χ1v) is 8.42. The minimum Gasteiger partial charge on any atom is -0.309 e. The van der Waals surface area contributed by atoms with Gasteiger partial charge in [0.05, 0.1) is 12.6 Å². The van der Waals surface area contributed by atoms with Crippen molar-refractivity contribution in [3.05, 3.63) is 84.2 Å². The van der Waals surface area contributed by atoms with Crippen LogP contribution in [-0.2, 0) is 11.2 Å². The molecule has 27 heavy (non-hydrogen) atoms. The van der Waals surface area contributed by atoms with E-state index in [0.717, 1.165) is 16.3 Å². The number of fused-ring (bicyclic) bond motifs is 1. The summed E-state index contributed by atoms with van der Waals surface area (Å²) in [5.41, 5.74) is 1.21. The van der Waals surface area contributed by atoms with Crippen molar-refractivity contribution in [1.82, 2.24) is 14.8 Å². The first-order valence-electron chi connectivity index (χ1n) is 8.42. The molecule has 2 aromatic carbocycles. The van der Waals surface area contributed by atoms with E-state index >= 15 is 0 Å². The first-order chi connectivity index (χ1) is 13.3. The average molecular weight is 353 g/mol. The van der Waals surface area contributed by atoms with Crippen molar-refractivity contribution in [3.8, 4) is 11.9 Å². The number of pyridine rings is 1. The first kappa shape index (κ1) is 16.5. The Kier molecular flexibility index (Phi) is 4.33. The quantitative estimate of drug-likeness (QED) is 0.609. The molecule has 0 spiro atoms. The van der Waals surface area contributed by atoms with Crippen LogP contribution >= 0.6 is 0 Å². The zero-order valence-electron chi connectivity index (χ0n) is 14.3. The molecule has 0 saturated carbocycles. The third kappa shape index (κ3) is 3.26. The summed E-state index contributed by atoms with van der Waals surface area (Å²) < 4.78 is 1.46. The molecule has 0 unspecified atom stereocenters. The molecule has 6 nitrogen and oxygen atoms in total. The Balaban J connectivity index is 1.64. The van der Waals surface area contributed by atoms with E-state index < -0.39 is 0 Å². The monoisotopic (exact) mass is 353 g/mol. The molecule has 0 radical (unpaired) electrons. The summed E-state index contributed by atoms with van der Waals surface area (Å²) in [6.45, 7) is 0. The number of hydrogen-bond donors (Lipinski definition) is 1. The van der Waals surface area contributed by atoms with Gasteiger partial charge in [-0.25, -0.2) is 4.98 Å². The Hall–Kier alpha value is -3.98. The molecule has 0 aliphatic rings. The fourth-order valence-electron chi connectivity index (χ4n) is 3.00. The summed E-state index contributed by atoms with van der Waals surface area (Å²) in [6.07, 6.45) is 3.24. The van der Waals surface area contributed by atoms with E-state index in [2.05, 4.69) is 21.5 Å². The number of carbonyl (C=O) groups excluding carboxylic acids is 1. The molecule has 0 saturated heterocycles. The van der Waals surface area contributed by atoms with Crippen LogP contribution in [0.25, 0.3) is 16.6 Å². The van der Waals surface area contributed by atoms with E-state index in [0.29, 0.717) is 11.6 Å². The number of benzene rings is 2. The smallest absolute Gasteiger partial charge is 0.230 e. The second-order valence-corrected chi connectivity index (χ2v) is 5.98. The van der Waals surface area contributed by atoms with E-state index in [-0.39, 0.29) is 17.9 Å². The highest BCUT2D eigenvalue weighted by atomic mass is 16.1. The minimum absolute atomic E-state index is 0.194. The van der Waals surface area contributed by atoms with Gasteiger partial charge < -0.3 is 5.32 Å². The lowest BCUT2D eigenvalue weighted by atomic mass is 10.0. The van der Waals surface area contributed by atoms with Gasteiger partial charge in [0.1, 0.15) is 11.6 Å². The van der Waals surface area contributed by atoms with Crippen LogP contribution in [-0.4, -0.2) is 20.7 Å². The Morgan fingerprint density at radius 1 is 1.07 bits per heavy atom. The highest BCUT2D eigenvalue weighted by molar-refractivity contribution is 5.96. The second-order valence-electron chi connectivity index (χ2n) is 5.98. The number of nitrogens with one attached hydrogen (secondary N) is 1. The van der Waals surface area contributed by atoms with Gasteiger partial charge >= 0.3 is 0 Å². The molecule has 0 aliphatic carbocycles. The maximum absolute atomic E-state index is 12.7. The van der Waals surface area contributed by atoms with Gasteiger partial charge in [-0.2, -0.15) is 15.0 Å². The van der Waals surface area contributed by atoms with Gasteiger partial charge in [0.25, 0.3) is 0 Å². The van der Waals surface area contributed by atoms with E-state index in [1.165, 1.54) is 10.9 Å². The molecule has 1 amide bonds. The molecule has 0 aliphatic heterocycles. The molecule has 0 fully saturated rings. The minimum atomic E-state index is -0.222. The fourth-order valence-corrected chi connectivity index (χ4v) is 3.00. The molecule has 4 rings (SSSR count). The SMILES string of the molecule is N#Cc1cnn(-c2ccccn2)c1NC(=O)Cc1cccc2ccccc12. The Bertz CT molecular complexity index is 1150. The molecule has 4 aromatic rings. The van der Waals surface area contributed by atoms with Gasteiger partial charge in [-0.1, -0.05) is 48.5 Å². The summed E-state index contributed by atoms with van der Waals surface area (Å²) in [5.74, 6) is 0.626. The van der Waals surface area contributed by atoms with Gasteiger partial charge in [0.15, 0.2) is 11.6 Å². The van der Waals surface area contributed by atoms with Crippen molar-refractivity contribution in [2.24, 2.45) is 0 Å². The summed E-state index contributed by atoms with van der Waals surface area (Å²) in [7, 11) is 0. The predicted molar refractivity (Wildman–Crippen MR) is 102 cm³/mol. The molecule has 2 heterocycles. The lowest BCUT2D eigenvalue weighted by Crippen LogP contribution is -2.18. The van der Waals surface area contributed by atoms with Crippen molar-refractivity contribution >= 4 is 22.5 Å². The average Bonchev–Trinajstić information content (AvgIpc) is 3.11. The molecule has 0 bridgehead atoms. The van der Waals surface area contributed by atoms with Crippen molar-refractivity contribution in [3.63, 3.8) is 0 Å². The van der Waals surface area contributed by atoms with Crippen LogP contribution in [0.5, 0.6) is 0 Å². The number of carbonyl (C=O) groups is 1. The molecule has 0 atom stereocenters. The highest BCUT2D eigenvalue weighted by Crippen LogP contribution is 2.21. The summed E-state index contributed by atoms with van der Waals surface area (Å²) in [4.78, 5) is 16.9. The van der Waals surface area contributed by atoms with Crippen molar-refractivity contribution in [1.29, 1.82) is 5.26 Å². The van der Waals surface area contributed by atoms with Crippen LogP contribution in [0.15, 0.2) is 73.1 Å². The molecular weight excluding hydrogens is 338 g/mol. The van der Waals surface area contributed by atoms with Gasteiger partial charge in [0.2, 0.25) is 5.91 Å². The zero-order chi connectivity index (χ0) is 18.6. The predicted octanol–water partition coefficient (Wildman–Crippen LogP) is 3.47. The van der Waals surface area contributed by atoms with E-state index in [4.69, 9.17) is 0 Å². The summed E-state index contributed by atoms with van der Waals surface area (Å²) >= 11 is 0. The molecule has 2 aromatic heterocycles. The summed E-state index contributed by atoms with van der Waals surface area (Å²) in [5, 5.41) is 18.5. The van der Waals surface area contributed by atoms with Crippen molar-refractivity contribution < 1.29 is 4.79 Å². The highest BCUT2D eigenvalue weighted by Gasteiger charge is 2.16. The molecular formula is C21H15N5O. The van der Waals surface area contributed by atoms with Gasteiger partial charge in [0, 0.05) is 6.20 Å². The zero-order valence-corrected chi connectivity index (χ0v) is 14.3. The lowest BCUT2D eigenvalue weighted by Gasteiger charge is -2.10. The number of anilines is 1. The lowest BCUT2D eigenvalue weighted by molar-refractivity contribution is -0.115. The van der Waals surface area contributed by atoms with Crippen LogP contribution < -0.4 is 5.32 Å². The Morgan fingerprint density at radius 3 is 2.70 bits per heavy atom. The maximum atomic E-state index is 12.7. The van der Waals surface area contributed by atoms with Crippen molar-refractivity contribution in [2.75, 3.05) is 5.32 Å². The van der Waals surface area contributed by atoms with Gasteiger partial charge in [-0.3, -0.25) is 4.79 Å². The van der Waals surface area contributed by atoms with Gasteiger partial charge in [-0.05, 0) is 28.5 Å². The van der Waals surface area contributed by atoms with Crippen LogP contribution in [0.3, 0.4) is 0 Å². The largest absolute Gasteiger partial charge is 0.309 e. The van der Waals surface area contributed by atoms with Crippen LogP contribution in [0.1, 0.15) is 11.1 Å². The third-order valence-electron chi connectivity index (χ3n) is 4.24. The Labute approximate surface area is 155 Å². The van der Waals surface area contributed by atoms with Crippen LogP contribution in [0.4, 0.5) is 5.82 Å². The Morgan fingerprint density at radius 2 is 1.89 bits per heavy atom. The van der Waals surface area contributed by atoms with Crippen LogP contribution in [0.2, 0.25) is 0 Å². The standard InChI is InChI=1S/C21H15N5O/c22-13-17-14-24-26(19-10-3-4-11-23-19)21(17)25-20(27)12-16-8-5-7-15-6-1-2-9-18(15)16/h1-11,14H,12H2,(H,25,27). The normalized spacial score (nSPS) is 10.5. The number of hydrogen-bond acceptors (Lipinski definition) is 4. The number of nitrogens with zero attached hydrogens (tertiary/aromatic N) is 4. The summed E-state index contributed by atoms with van der Waals surface area (Å²) in [6, 6.07) is 21.2.